The molecule has 0 saturated heterocycles. The van der Waals surface area contributed by atoms with E-state index >= 15 is 0 Å². The lowest BCUT2D eigenvalue weighted by atomic mass is 9.82. The van der Waals surface area contributed by atoms with Crippen LogP contribution in [0.5, 0.6) is 0 Å². The van der Waals surface area contributed by atoms with E-state index in [-0.39, 0.29) is 11.6 Å². The van der Waals surface area contributed by atoms with Crippen LogP contribution in [-0.2, 0) is 0 Å². The van der Waals surface area contributed by atoms with Gasteiger partial charge in [0, 0.05) is 22.3 Å². The molecule has 2 nitrogen and oxygen atoms in total. The maximum atomic E-state index is 12.4. The second kappa shape index (κ2) is 3.64. The summed E-state index contributed by atoms with van der Waals surface area (Å²) in [4.78, 5) is 24.7. The largest absolute Gasteiger partial charge is 0.289 e. The number of benzene rings is 2. The smallest absolute Gasteiger partial charge is 0.194 e. The van der Waals surface area contributed by atoms with Crippen LogP contribution < -0.4 is 0 Å². The molecule has 88 valence electrons. The fourth-order valence-corrected chi connectivity index (χ4v) is 2.36. The molecule has 2 aromatic rings. The molecule has 0 aromatic heterocycles. The Morgan fingerprint density at radius 1 is 0.667 bits per heavy atom. The molecule has 0 atom stereocenters. The van der Waals surface area contributed by atoms with Crippen molar-refractivity contribution in [2.75, 3.05) is 0 Å². The average molecular weight is 236 g/mol. The maximum Gasteiger partial charge on any atom is 0.194 e. The molecular weight excluding hydrogens is 224 g/mol. The fraction of sp³-hybridized carbons (Fsp3) is 0.125. The normalized spacial score (nSPS) is 13.2. The molecule has 0 saturated carbocycles. The number of carbonyl (C=O) groups is 2. The molecule has 0 fully saturated rings. The first-order valence-corrected chi connectivity index (χ1v) is 5.89. The van der Waals surface area contributed by atoms with Gasteiger partial charge in [-0.05, 0) is 37.1 Å². The van der Waals surface area contributed by atoms with E-state index in [1.165, 1.54) is 0 Å². The molecule has 0 radical (unpaired) electrons. The van der Waals surface area contributed by atoms with Gasteiger partial charge >= 0.3 is 0 Å². The van der Waals surface area contributed by atoms with Gasteiger partial charge in [-0.15, -0.1) is 0 Å². The minimum atomic E-state index is -0.0525. The first kappa shape index (κ1) is 10.9. The molecule has 0 spiro atoms. The number of carbonyl (C=O) groups excluding carboxylic acids is 2. The van der Waals surface area contributed by atoms with Gasteiger partial charge in [0.05, 0.1) is 0 Å². The summed E-state index contributed by atoms with van der Waals surface area (Å²) in [5.74, 6) is -0.105. The van der Waals surface area contributed by atoms with E-state index in [9.17, 15) is 9.59 Å². The first-order valence-electron chi connectivity index (χ1n) is 5.89. The molecule has 3 rings (SSSR count). The van der Waals surface area contributed by atoms with Crippen LogP contribution in [-0.4, -0.2) is 11.6 Å². The quantitative estimate of drug-likeness (QED) is 0.601. The highest BCUT2D eigenvalue weighted by molar-refractivity contribution is 6.28. The Hall–Kier alpha value is -2.22. The Morgan fingerprint density at radius 3 is 1.44 bits per heavy atom. The molecule has 0 unspecified atom stereocenters. The molecule has 2 aromatic carbocycles. The molecular formula is C16H12O2. The molecule has 2 heteroatoms. The third-order valence-electron chi connectivity index (χ3n) is 3.54. The summed E-state index contributed by atoms with van der Waals surface area (Å²) in [5.41, 5.74) is 4.16. The molecule has 18 heavy (non-hydrogen) atoms. The van der Waals surface area contributed by atoms with E-state index in [1.54, 1.807) is 24.3 Å². The molecule has 0 heterocycles. The molecule has 1 aliphatic carbocycles. The SMILES string of the molecule is Cc1cc2c(cc1C)C(=O)c1ccccc1C2=O. The van der Waals surface area contributed by atoms with Crippen molar-refractivity contribution in [3.8, 4) is 0 Å². The highest BCUT2D eigenvalue weighted by Gasteiger charge is 2.29. The predicted octanol–water partition coefficient (Wildman–Crippen LogP) is 3.08. The Bertz CT molecular complexity index is 636. The summed E-state index contributed by atoms with van der Waals surface area (Å²) in [6.07, 6.45) is 0. The number of hydrogen-bond acceptors (Lipinski definition) is 2. The van der Waals surface area contributed by atoms with E-state index in [0.29, 0.717) is 22.3 Å². The van der Waals surface area contributed by atoms with Crippen LogP contribution in [0.4, 0.5) is 0 Å². The van der Waals surface area contributed by atoms with Crippen LogP contribution in [0, 0.1) is 13.8 Å². The zero-order valence-corrected chi connectivity index (χ0v) is 10.3. The van der Waals surface area contributed by atoms with Crippen molar-refractivity contribution >= 4 is 11.6 Å². The van der Waals surface area contributed by atoms with E-state index in [0.717, 1.165) is 11.1 Å². The lowest BCUT2D eigenvalue weighted by Crippen LogP contribution is -2.21. The summed E-state index contributed by atoms with van der Waals surface area (Å²) < 4.78 is 0. The third-order valence-corrected chi connectivity index (χ3v) is 3.54. The number of fused-ring (bicyclic) bond motifs is 2. The Morgan fingerprint density at radius 2 is 1.06 bits per heavy atom. The van der Waals surface area contributed by atoms with Crippen molar-refractivity contribution in [1.82, 2.24) is 0 Å². The second-order valence-corrected chi connectivity index (χ2v) is 4.69. The Balaban J connectivity index is 2.34. The average Bonchev–Trinajstić information content (AvgIpc) is 2.38. The summed E-state index contributed by atoms with van der Waals surface area (Å²) in [6.45, 7) is 3.90. The number of aryl methyl sites for hydroxylation is 2. The van der Waals surface area contributed by atoms with Gasteiger partial charge in [-0.1, -0.05) is 24.3 Å². The second-order valence-electron chi connectivity index (χ2n) is 4.69. The summed E-state index contributed by atoms with van der Waals surface area (Å²) in [5, 5.41) is 0. The van der Waals surface area contributed by atoms with Crippen LogP contribution in [0.15, 0.2) is 36.4 Å². The van der Waals surface area contributed by atoms with Gasteiger partial charge in [0.25, 0.3) is 0 Å². The minimum absolute atomic E-state index is 0.0525. The molecule has 0 bridgehead atoms. The van der Waals surface area contributed by atoms with Crippen LogP contribution in [0.1, 0.15) is 43.0 Å². The van der Waals surface area contributed by atoms with Gasteiger partial charge < -0.3 is 0 Å². The summed E-state index contributed by atoms with van der Waals surface area (Å²) in [7, 11) is 0. The van der Waals surface area contributed by atoms with E-state index < -0.39 is 0 Å². The van der Waals surface area contributed by atoms with Gasteiger partial charge in [0.2, 0.25) is 0 Å². The fourth-order valence-electron chi connectivity index (χ4n) is 2.36. The highest BCUT2D eigenvalue weighted by Crippen LogP contribution is 2.28. The van der Waals surface area contributed by atoms with Gasteiger partial charge in [0.1, 0.15) is 0 Å². The van der Waals surface area contributed by atoms with Crippen LogP contribution in [0.3, 0.4) is 0 Å². The van der Waals surface area contributed by atoms with Crippen molar-refractivity contribution in [2.45, 2.75) is 13.8 Å². The Labute approximate surface area is 105 Å². The predicted molar refractivity (Wildman–Crippen MR) is 69.2 cm³/mol. The number of rotatable bonds is 0. The lowest BCUT2D eigenvalue weighted by molar-refractivity contribution is 0.0979. The van der Waals surface area contributed by atoms with Gasteiger partial charge in [0.15, 0.2) is 11.6 Å². The van der Waals surface area contributed by atoms with Crippen molar-refractivity contribution in [3.63, 3.8) is 0 Å². The van der Waals surface area contributed by atoms with Gasteiger partial charge in [-0.3, -0.25) is 9.59 Å². The zero-order valence-electron chi connectivity index (χ0n) is 10.3. The molecule has 0 aliphatic heterocycles. The van der Waals surface area contributed by atoms with Gasteiger partial charge in [-0.25, -0.2) is 0 Å². The zero-order chi connectivity index (χ0) is 12.9. The van der Waals surface area contributed by atoms with Crippen LogP contribution in [0.2, 0.25) is 0 Å². The van der Waals surface area contributed by atoms with Crippen LogP contribution >= 0.6 is 0 Å². The maximum absolute atomic E-state index is 12.4. The molecule has 0 amide bonds. The standard InChI is InChI=1S/C16H12O2/c1-9-7-13-14(8-10(9)2)16(18)12-6-4-3-5-11(12)15(13)17/h3-8H,1-2H3. The first-order chi connectivity index (χ1) is 8.59. The van der Waals surface area contributed by atoms with Crippen molar-refractivity contribution < 1.29 is 9.59 Å². The summed E-state index contributed by atoms with van der Waals surface area (Å²) in [6, 6.07) is 10.6. The van der Waals surface area contributed by atoms with E-state index in [1.807, 2.05) is 26.0 Å². The van der Waals surface area contributed by atoms with Crippen LogP contribution in [0.25, 0.3) is 0 Å². The van der Waals surface area contributed by atoms with Crippen molar-refractivity contribution in [2.24, 2.45) is 0 Å². The Kier molecular flexibility index (Phi) is 2.20. The number of ketones is 2. The monoisotopic (exact) mass is 236 g/mol. The summed E-state index contributed by atoms with van der Waals surface area (Å²) >= 11 is 0. The van der Waals surface area contributed by atoms with E-state index in [4.69, 9.17) is 0 Å². The van der Waals surface area contributed by atoms with Crippen molar-refractivity contribution in [1.29, 1.82) is 0 Å². The third kappa shape index (κ3) is 1.35. The minimum Gasteiger partial charge on any atom is -0.289 e. The topological polar surface area (TPSA) is 34.1 Å². The highest BCUT2D eigenvalue weighted by atomic mass is 16.1. The van der Waals surface area contributed by atoms with E-state index in [2.05, 4.69) is 0 Å². The number of hydrogen-bond donors (Lipinski definition) is 0. The van der Waals surface area contributed by atoms with Crippen molar-refractivity contribution in [3.05, 3.63) is 69.8 Å². The lowest BCUT2D eigenvalue weighted by Gasteiger charge is -2.18. The molecule has 0 N–H and O–H groups in total. The molecule has 1 aliphatic rings. The van der Waals surface area contributed by atoms with Gasteiger partial charge in [-0.2, -0.15) is 0 Å².